The van der Waals surface area contributed by atoms with E-state index in [0.717, 1.165) is 24.1 Å². The smallest absolute Gasteiger partial charge is 0.258 e. The van der Waals surface area contributed by atoms with Gasteiger partial charge >= 0.3 is 0 Å². The van der Waals surface area contributed by atoms with Crippen LogP contribution in [0, 0.1) is 5.82 Å². The Morgan fingerprint density at radius 3 is 2.48 bits per heavy atom. The summed E-state index contributed by atoms with van der Waals surface area (Å²) in [6.45, 7) is 0.581. The van der Waals surface area contributed by atoms with Crippen LogP contribution in [-0.2, 0) is 6.42 Å². The van der Waals surface area contributed by atoms with E-state index in [0.29, 0.717) is 28.4 Å². The van der Waals surface area contributed by atoms with Crippen LogP contribution in [0.5, 0.6) is 0 Å². The lowest BCUT2D eigenvalue weighted by Gasteiger charge is -2.30. The lowest BCUT2D eigenvalue weighted by molar-refractivity contribution is 0.0984. The van der Waals surface area contributed by atoms with Gasteiger partial charge in [0.05, 0.1) is 0 Å². The number of nitrogens with one attached hydrogen (secondary N) is 1. The molecular formula is C23H18ClFN2O2. The molecule has 4 rings (SSSR count). The number of nitrogens with zero attached hydrogens (tertiary/aromatic N) is 1. The van der Waals surface area contributed by atoms with Gasteiger partial charge in [-0.25, -0.2) is 4.39 Å². The number of carbonyl (C=O) groups is 2. The van der Waals surface area contributed by atoms with Crippen LogP contribution >= 0.6 is 11.6 Å². The van der Waals surface area contributed by atoms with E-state index in [1.807, 2.05) is 6.07 Å². The molecule has 1 N–H and O–H groups in total. The van der Waals surface area contributed by atoms with E-state index in [1.165, 1.54) is 24.3 Å². The van der Waals surface area contributed by atoms with Crippen LogP contribution in [0.15, 0.2) is 66.7 Å². The molecule has 3 aromatic rings. The van der Waals surface area contributed by atoms with Gasteiger partial charge in [-0.1, -0.05) is 17.7 Å². The Kier molecular flexibility index (Phi) is 5.32. The lowest BCUT2D eigenvalue weighted by atomic mass is 9.98. The molecule has 0 aromatic heterocycles. The zero-order chi connectivity index (χ0) is 20.4. The Morgan fingerprint density at radius 1 is 0.966 bits per heavy atom. The minimum atomic E-state index is -0.379. The van der Waals surface area contributed by atoms with Gasteiger partial charge in [-0.3, -0.25) is 9.59 Å². The molecule has 6 heteroatoms. The van der Waals surface area contributed by atoms with Gasteiger partial charge in [0.25, 0.3) is 11.8 Å². The number of benzene rings is 3. The molecule has 1 aliphatic rings. The molecule has 146 valence electrons. The number of carbonyl (C=O) groups excluding carboxylic acids is 2. The van der Waals surface area contributed by atoms with Crippen LogP contribution in [0.4, 0.5) is 15.8 Å². The number of hydrogen-bond acceptors (Lipinski definition) is 2. The molecule has 1 aliphatic heterocycles. The Hall–Kier alpha value is -3.18. The van der Waals surface area contributed by atoms with Crippen molar-refractivity contribution < 1.29 is 14.0 Å². The number of aryl methyl sites for hydroxylation is 1. The predicted molar refractivity (Wildman–Crippen MR) is 112 cm³/mol. The van der Waals surface area contributed by atoms with Crippen molar-refractivity contribution in [3.8, 4) is 0 Å². The summed E-state index contributed by atoms with van der Waals surface area (Å²) in [6, 6.07) is 17.8. The first-order valence-corrected chi connectivity index (χ1v) is 9.66. The summed E-state index contributed by atoms with van der Waals surface area (Å²) < 4.78 is 13.2. The fourth-order valence-corrected chi connectivity index (χ4v) is 3.66. The highest BCUT2D eigenvalue weighted by Gasteiger charge is 2.24. The molecule has 29 heavy (non-hydrogen) atoms. The number of hydrogen-bond donors (Lipinski definition) is 1. The van der Waals surface area contributed by atoms with Crippen LogP contribution < -0.4 is 10.2 Å². The quantitative estimate of drug-likeness (QED) is 0.637. The van der Waals surface area contributed by atoms with E-state index in [1.54, 1.807) is 41.3 Å². The zero-order valence-electron chi connectivity index (χ0n) is 15.5. The number of fused-ring (bicyclic) bond motifs is 1. The Bertz CT molecular complexity index is 1080. The number of amides is 2. The molecule has 1 heterocycles. The Balaban J connectivity index is 1.57. The monoisotopic (exact) mass is 408 g/mol. The molecule has 0 aliphatic carbocycles. The van der Waals surface area contributed by atoms with Crippen molar-refractivity contribution in [1.82, 2.24) is 0 Å². The molecule has 0 atom stereocenters. The lowest BCUT2D eigenvalue weighted by Crippen LogP contribution is -2.35. The largest absolute Gasteiger partial charge is 0.322 e. The Morgan fingerprint density at radius 2 is 1.72 bits per heavy atom. The minimum absolute atomic E-state index is 0.179. The standard InChI is InChI=1S/C23H18ClFN2O2/c24-18-4-1-5-20(14-18)26-22(28)17-8-11-21-16(13-17)3-2-12-27(21)23(29)15-6-9-19(25)10-7-15/h1,4-11,13-14H,2-3,12H2,(H,26,28). The van der Waals surface area contributed by atoms with Crippen LogP contribution in [0.1, 0.15) is 32.7 Å². The van der Waals surface area contributed by atoms with Gasteiger partial charge in [0, 0.05) is 34.1 Å². The second-order valence-electron chi connectivity index (χ2n) is 6.88. The van der Waals surface area contributed by atoms with E-state index in [4.69, 9.17) is 11.6 Å². The first-order valence-electron chi connectivity index (χ1n) is 9.28. The van der Waals surface area contributed by atoms with Crippen molar-refractivity contribution in [3.05, 3.63) is 94.3 Å². The van der Waals surface area contributed by atoms with Crippen molar-refractivity contribution in [2.75, 3.05) is 16.8 Å². The maximum Gasteiger partial charge on any atom is 0.258 e. The van der Waals surface area contributed by atoms with Gasteiger partial charge in [-0.05, 0) is 79.1 Å². The highest BCUT2D eigenvalue weighted by Crippen LogP contribution is 2.30. The van der Waals surface area contributed by atoms with E-state index >= 15 is 0 Å². The van der Waals surface area contributed by atoms with Crippen LogP contribution in [0.25, 0.3) is 0 Å². The molecule has 0 spiro atoms. The van der Waals surface area contributed by atoms with Crippen molar-refractivity contribution in [3.63, 3.8) is 0 Å². The molecular weight excluding hydrogens is 391 g/mol. The molecule has 2 amide bonds. The number of rotatable bonds is 3. The third-order valence-corrected chi connectivity index (χ3v) is 5.11. The average molecular weight is 409 g/mol. The highest BCUT2D eigenvalue weighted by atomic mass is 35.5. The number of halogens is 2. The van der Waals surface area contributed by atoms with Crippen molar-refractivity contribution in [2.24, 2.45) is 0 Å². The molecule has 0 unspecified atom stereocenters. The molecule has 0 saturated heterocycles. The van der Waals surface area contributed by atoms with Gasteiger partial charge in [0.1, 0.15) is 5.82 Å². The molecule has 4 nitrogen and oxygen atoms in total. The molecule has 3 aromatic carbocycles. The molecule has 0 saturated carbocycles. The topological polar surface area (TPSA) is 49.4 Å². The summed E-state index contributed by atoms with van der Waals surface area (Å²) >= 11 is 5.96. The fraction of sp³-hybridized carbons (Fsp3) is 0.130. The van der Waals surface area contributed by atoms with E-state index in [9.17, 15) is 14.0 Å². The van der Waals surface area contributed by atoms with Crippen LogP contribution in [0.2, 0.25) is 5.02 Å². The van der Waals surface area contributed by atoms with Gasteiger partial charge < -0.3 is 10.2 Å². The number of anilines is 2. The van der Waals surface area contributed by atoms with Crippen LogP contribution in [-0.4, -0.2) is 18.4 Å². The van der Waals surface area contributed by atoms with E-state index < -0.39 is 0 Å². The second-order valence-corrected chi connectivity index (χ2v) is 7.31. The van der Waals surface area contributed by atoms with Crippen molar-refractivity contribution >= 4 is 34.8 Å². The third-order valence-electron chi connectivity index (χ3n) is 4.88. The fourth-order valence-electron chi connectivity index (χ4n) is 3.47. The molecule has 0 bridgehead atoms. The first kappa shape index (κ1) is 19.2. The van der Waals surface area contributed by atoms with Crippen molar-refractivity contribution in [1.29, 1.82) is 0 Å². The summed E-state index contributed by atoms with van der Waals surface area (Å²) in [5, 5.41) is 3.38. The maximum atomic E-state index is 13.2. The van der Waals surface area contributed by atoms with Gasteiger partial charge in [-0.15, -0.1) is 0 Å². The third kappa shape index (κ3) is 4.15. The summed E-state index contributed by atoms with van der Waals surface area (Å²) in [7, 11) is 0. The minimum Gasteiger partial charge on any atom is -0.322 e. The van der Waals surface area contributed by atoms with Gasteiger partial charge in [-0.2, -0.15) is 0 Å². The van der Waals surface area contributed by atoms with E-state index in [-0.39, 0.29) is 17.6 Å². The highest BCUT2D eigenvalue weighted by molar-refractivity contribution is 6.31. The second kappa shape index (κ2) is 8.05. The summed E-state index contributed by atoms with van der Waals surface area (Å²) in [5.74, 6) is -0.796. The van der Waals surface area contributed by atoms with E-state index in [2.05, 4.69) is 5.32 Å². The normalized spacial score (nSPS) is 13.0. The molecule has 0 fully saturated rings. The van der Waals surface area contributed by atoms with Gasteiger partial charge in [0.2, 0.25) is 0 Å². The van der Waals surface area contributed by atoms with Gasteiger partial charge in [0.15, 0.2) is 0 Å². The first-order chi connectivity index (χ1) is 14.0. The maximum absolute atomic E-state index is 13.2. The summed E-state index contributed by atoms with van der Waals surface area (Å²) in [4.78, 5) is 27.2. The summed E-state index contributed by atoms with van der Waals surface area (Å²) in [5.41, 5.74) is 3.28. The zero-order valence-corrected chi connectivity index (χ0v) is 16.2. The predicted octanol–water partition coefficient (Wildman–Crippen LogP) is 5.32. The van der Waals surface area contributed by atoms with Crippen molar-refractivity contribution in [2.45, 2.75) is 12.8 Å². The van der Waals surface area contributed by atoms with Crippen LogP contribution in [0.3, 0.4) is 0 Å². The Labute approximate surface area is 172 Å². The SMILES string of the molecule is O=C(Nc1cccc(Cl)c1)c1ccc2c(c1)CCCN2C(=O)c1ccc(F)cc1. The average Bonchev–Trinajstić information content (AvgIpc) is 2.73. The summed E-state index contributed by atoms with van der Waals surface area (Å²) in [6.07, 6.45) is 1.57. The molecule has 0 radical (unpaired) electrons.